The molecule has 18 heavy (non-hydrogen) atoms. The van der Waals surface area contributed by atoms with Crippen molar-refractivity contribution in [3.63, 3.8) is 0 Å². The number of carbonyl (C=O) groups is 1. The van der Waals surface area contributed by atoms with Gasteiger partial charge in [0.05, 0.1) is 6.61 Å². The molecule has 0 saturated heterocycles. The summed E-state index contributed by atoms with van der Waals surface area (Å²) in [5, 5.41) is 11.9. The molecular weight excluding hydrogens is 226 g/mol. The Morgan fingerprint density at radius 3 is 2.56 bits per heavy atom. The molecule has 0 bridgehead atoms. The summed E-state index contributed by atoms with van der Waals surface area (Å²) in [6, 6.07) is 5.55. The highest BCUT2D eigenvalue weighted by Crippen LogP contribution is 2.17. The van der Waals surface area contributed by atoms with Crippen LogP contribution in [0, 0.1) is 6.92 Å². The molecule has 0 fully saturated rings. The van der Waals surface area contributed by atoms with Gasteiger partial charge in [-0.05, 0) is 37.0 Å². The van der Waals surface area contributed by atoms with Crippen molar-refractivity contribution in [2.45, 2.75) is 40.2 Å². The third-order valence-electron chi connectivity index (χ3n) is 2.99. The maximum atomic E-state index is 11.8. The Bertz CT molecular complexity index is 444. The number of hydrogen-bond acceptors (Lipinski definition) is 2. The van der Waals surface area contributed by atoms with E-state index in [4.69, 9.17) is 5.11 Å². The Morgan fingerprint density at radius 2 is 2.00 bits per heavy atom. The van der Waals surface area contributed by atoms with Crippen molar-refractivity contribution in [1.29, 1.82) is 0 Å². The third-order valence-corrected chi connectivity index (χ3v) is 2.99. The Kier molecular flexibility index (Phi) is 5.59. The molecule has 0 aromatic heterocycles. The van der Waals surface area contributed by atoms with E-state index in [0.717, 1.165) is 35.2 Å². The molecule has 3 nitrogen and oxygen atoms in total. The molecule has 0 aliphatic heterocycles. The first-order chi connectivity index (χ1) is 8.60. The number of allylic oxidation sites excluding steroid dienone is 1. The van der Waals surface area contributed by atoms with Crippen molar-refractivity contribution in [1.82, 2.24) is 0 Å². The lowest BCUT2D eigenvalue weighted by molar-refractivity contribution is -0.112. The molecule has 3 heteroatoms. The van der Waals surface area contributed by atoms with Crippen molar-refractivity contribution in [2.75, 3.05) is 5.32 Å². The average molecular weight is 247 g/mol. The standard InChI is InChI=1S/C15H21NO2/c1-4-12(5-2)9-15(18)16-14-8-13(10-17)7-6-11(14)3/h6-9,17H,4-5,10H2,1-3H3,(H,16,18). The van der Waals surface area contributed by atoms with Gasteiger partial charge in [-0.2, -0.15) is 0 Å². The fourth-order valence-corrected chi connectivity index (χ4v) is 1.71. The summed E-state index contributed by atoms with van der Waals surface area (Å²) >= 11 is 0. The Balaban J connectivity index is 2.84. The maximum absolute atomic E-state index is 11.8. The van der Waals surface area contributed by atoms with E-state index >= 15 is 0 Å². The van der Waals surface area contributed by atoms with Gasteiger partial charge in [-0.25, -0.2) is 0 Å². The van der Waals surface area contributed by atoms with E-state index in [9.17, 15) is 4.79 Å². The van der Waals surface area contributed by atoms with Crippen molar-refractivity contribution in [3.05, 3.63) is 41.0 Å². The van der Waals surface area contributed by atoms with Gasteiger partial charge in [0.2, 0.25) is 5.91 Å². The van der Waals surface area contributed by atoms with Crippen LogP contribution in [0.1, 0.15) is 37.8 Å². The zero-order valence-corrected chi connectivity index (χ0v) is 11.3. The molecule has 0 atom stereocenters. The second-order valence-electron chi connectivity index (χ2n) is 4.31. The molecule has 0 spiro atoms. The largest absolute Gasteiger partial charge is 0.392 e. The van der Waals surface area contributed by atoms with Gasteiger partial charge in [-0.15, -0.1) is 0 Å². The topological polar surface area (TPSA) is 49.3 Å². The van der Waals surface area contributed by atoms with E-state index in [1.165, 1.54) is 0 Å². The van der Waals surface area contributed by atoms with Crippen LogP contribution in [0.2, 0.25) is 0 Å². The van der Waals surface area contributed by atoms with Crippen LogP contribution in [0.5, 0.6) is 0 Å². The highest BCUT2D eigenvalue weighted by Gasteiger charge is 2.04. The normalized spacial score (nSPS) is 10.0. The molecule has 0 saturated carbocycles. The smallest absolute Gasteiger partial charge is 0.248 e. The first kappa shape index (κ1) is 14.5. The lowest BCUT2D eigenvalue weighted by Crippen LogP contribution is -2.10. The molecular formula is C15H21NO2. The highest BCUT2D eigenvalue weighted by atomic mass is 16.3. The van der Waals surface area contributed by atoms with E-state index < -0.39 is 0 Å². The van der Waals surface area contributed by atoms with Gasteiger partial charge in [0, 0.05) is 11.8 Å². The summed E-state index contributed by atoms with van der Waals surface area (Å²) in [5.41, 5.74) is 3.67. The number of rotatable bonds is 5. The van der Waals surface area contributed by atoms with Crippen LogP contribution >= 0.6 is 0 Å². The van der Waals surface area contributed by atoms with Crippen LogP contribution in [-0.2, 0) is 11.4 Å². The van der Waals surface area contributed by atoms with Crippen LogP contribution < -0.4 is 5.32 Å². The van der Waals surface area contributed by atoms with E-state index in [2.05, 4.69) is 5.32 Å². The Labute approximate surface area is 109 Å². The first-order valence-electron chi connectivity index (χ1n) is 6.31. The van der Waals surface area contributed by atoms with Gasteiger partial charge >= 0.3 is 0 Å². The molecule has 98 valence electrons. The quantitative estimate of drug-likeness (QED) is 0.785. The highest BCUT2D eigenvalue weighted by molar-refractivity contribution is 6.00. The van der Waals surface area contributed by atoms with E-state index in [1.54, 1.807) is 12.1 Å². The van der Waals surface area contributed by atoms with Gasteiger partial charge < -0.3 is 10.4 Å². The Hall–Kier alpha value is -1.61. The molecule has 1 aromatic rings. The minimum Gasteiger partial charge on any atom is -0.392 e. The third kappa shape index (κ3) is 4.00. The molecule has 0 aliphatic carbocycles. The molecule has 0 radical (unpaired) electrons. The van der Waals surface area contributed by atoms with Crippen LogP contribution in [0.4, 0.5) is 5.69 Å². The van der Waals surface area contributed by atoms with Gasteiger partial charge in [0.15, 0.2) is 0 Å². The van der Waals surface area contributed by atoms with Crippen molar-refractivity contribution in [3.8, 4) is 0 Å². The van der Waals surface area contributed by atoms with Crippen LogP contribution in [0.25, 0.3) is 0 Å². The first-order valence-corrected chi connectivity index (χ1v) is 6.31. The fraction of sp³-hybridized carbons (Fsp3) is 0.400. The number of aryl methyl sites for hydroxylation is 1. The molecule has 0 aliphatic rings. The lowest BCUT2D eigenvalue weighted by Gasteiger charge is -2.09. The Morgan fingerprint density at radius 1 is 1.33 bits per heavy atom. The number of nitrogens with one attached hydrogen (secondary N) is 1. The number of carbonyl (C=O) groups excluding carboxylic acids is 1. The van der Waals surface area contributed by atoms with Crippen LogP contribution in [0.3, 0.4) is 0 Å². The summed E-state index contributed by atoms with van der Waals surface area (Å²) < 4.78 is 0. The molecule has 1 aromatic carbocycles. The van der Waals surface area contributed by atoms with Gasteiger partial charge in [0.25, 0.3) is 0 Å². The average Bonchev–Trinajstić information content (AvgIpc) is 2.38. The van der Waals surface area contributed by atoms with Crippen molar-refractivity contribution in [2.24, 2.45) is 0 Å². The van der Waals surface area contributed by atoms with Gasteiger partial charge in [0.1, 0.15) is 0 Å². The van der Waals surface area contributed by atoms with E-state index in [-0.39, 0.29) is 12.5 Å². The summed E-state index contributed by atoms with van der Waals surface area (Å²) in [6.07, 6.45) is 3.43. The second kappa shape index (κ2) is 6.97. The number of benzene rings is 1. The fourth-order valence-electron chi connectivity index (χ4n) is 1.71. The lowest BCUT2D eigenvalue weighted by atomic mass is 10.1. The molecule has 2 N–H and O–H groups in total. The number of amides is 1. The van der Waals surface area contributed by atoms with Gasteiger partial charge in [-0.3, -0.25) is 4.79 Å². The number of aliphatic hydroxyl groups is 1. The minimum atomic E-state index is -0.105. The van der Waals surface area contributed by atoms with E-state index in [0.29, 0.717) is 0 Å². The summed E-state index contributed by atoms with van der Waals surface area (Å²) in [4.78, 5) is 11.8. The summed E-state index contributed by atoms with van der Waals surface area (Å²) in [7, 11) is 0. The zero-order valence-electron chi connectivity index (χ0n) is 11.3. The predicted molar refractivity (Wildman–Crippen MR) is 74.4 cm³/mol. The molecule has 1 rings (SSSR count). The van der Waals surface area contributed by atoms with Gasteiger partial charge in [-0.1, -0.05) is 31.6 Å². The van der Waals surface area contributed by atoms with E-state index in [1.807, 2.05) is 32.9 Å². The maximum Gasteiger partial charge on any atom is 0.248 e. The molecule has 0 heterocycles. The minimum absolute atomic E-state index is 0.0197. The summed E-state index contributed by atoms with van der Waals surface area (Å²) in [6.45, 7) is 6.00. The molecule has 1 amide bonds. The van der Waals surface area contributed by atoms with Crippen LogP contribution in [-0.4, -0.2) is 11.0 Å². The number of hydrogen-bond donors (Lipinski definition) is 2. The zero-order chi connectivity index (χ0) is 13.5. The molecule has 0 unspecified atom stereocenters. The SMILES string of the molecule is CCC(=CC(=O)Nc1cc(CO)ccc1C)CC. The number of anilines is 1. The predicted octanol–water partition coefficient (Wildman–Crippen LogP) is 3.17. The van der Waals surface area contributed by atoms with Crippen LogP contribution in [0.15, 0.2) is 29.8 Å². The second-order valence-corrected chi connectivity index (χ2v) is 4.31. The summed E-state index contributed by atoms with van der Waals surface area (Å²) in [5.74, 6) is -0.105. The van der Waals surface area contributed by atoms with Crippen molar-refractivity contribution >= 4 is 11.6 Å². The van der Waals surface area contributed by atoms with Crippen molar-refractivity contribution < 1.29 is 9.90 Å². The monoisotopic (exact) mass is 247 g/mol. The number of aliphatic hydroxyl groups excluding tert-OH is 1.